The SMILES string of the molecule is CCCCN(CCC(=O)Nc1ccc(N2CCCC2)cc1)C(C)=O. The smallest absolute Gasteiger partial charge is 0.226 e. The van der Waals surface area contributed by atoms with Gasteiger partial charge in [-0.2, -0.15) is 0 Å². The molecule has 1 aliphatic rings. The maximum atomic E-state index is 12.1. The molecular formula is C19H29N3O2. The second-order valence-corrected chi connectivity index (χ2v) is 6.40. The highest BCUT2D eigenvalue weighted by molar-refractivity contribution is 5.91. The Hall–Kier alpha value is -2.04. The maximum Gasteiger partial charge on any atom is 0.226 e. The van der Waals surface area contributed by atoms with Crippen molar-refractivity contribution in [3.8, 4) is 0 Å². The fourth-order valence-corrected chi connectivity index (χ4v) is 2.97. The first-order valence-electron chi connectivity index (χ1n) is 9.00. The minimum atomic E-state index is -0.0494. The van der Waals surface area contributed by atoms with Gasteiger partial charge in [0.05, 0.1) is 0 Å². The van der Waals surface area contributed by atoms with Crippen LogP contribution < -0.4 is 10.2 Å². The zero-order valence-electron chi connectivity index (χ0n) is 14.9. The summed E-state index contributed by atoms with van der Waals surface area (Å²) in [5.74, 6) is -0.0158. The van der Waals surface area contributed by atoms with Crippen LogP contribution >= 0.6 is 0 Å². The fourth-order valence-electron chi connectivity index (χ4n) is 2.97. The molecule has 5 heteroatoms. The van der Waals surface area contributed by atoms with E-state index in [2.05, 4.69) is 29.3 Å². The Balaban J connectivity index is 1.79. The second-order valence-electron chi connectivity index (χ2n) is 6.40. The Kier molecular flexibility index (Phi) is 7.09. The van der Waals surface area contributed by atoms with Gasteiger partial charge in [0.15, 0.2) is 0 Å². The number of benzene rings is 1. The van der Waals surface area contributed by atoms with Gasteiger partial charge in [0.2, 0.25) is 11.8 Å². The molecule has 0 unspecified atom stereocenters. The highest BCUT2D eigenvalue weighted by Crippen LogP contribution is 2.22. The van der Waals surface area contributed by atoms with Crippen molar-refractivity contribution in [2.24, 2.45) is 0 Å². The fraction of sp³-hybridized carbons (Fsp3) is 0.579. The number of carbonyl (C=O) groups is 2. The van der Waals surface area contributed by atoms with Gasteiger partial charge in [-0.25, -0.2) is 0 Å². The largest absolute Gasteiger partial charge is 0.372 e. The molecule has 0 spiro atoms. The molecule has 1 N–H and O–H groups in total. The highest BCUT2D eigenvalue weighted by atomic mass is 16.2. The van der Waals surface area contributed by atoms with Gasteiger partial charge in [-0.1, -0.05) is 13.3 Å². The van der Waals surface area contributed by atoms with Crippen LogP contribution in [0.4, 0.5) is 11.4 Å². The predicted molar refractivity (Wildman–Crippen MR) is 98.3 cm³/mol. The van der Waals surface area contributed by atoms with Crippen LogP contribution in [0.5, 0.6) is 0 Å². The zero-order chi connectivity index (χ0) is 17.4. The quantitative estimate of drug-likeness (QED) is 0.795. The van der Waals surface area contributed by atoms with Gasteiger partial charge in [0.25, 0.3) is 0 Å². The lowest BCUT2D eigenvalue weighted by Crippen LogP contribution is -2.32. The van der Waals surface area contributed by atoms with Crippen molar-refractivity contribution in [2.45, 2.75) is 46.0 Å². The number of rotatable bonds is 8. The normalized spacial score (nSPS) is 13.8. The third-order valence-electron chi connectivity index (χ3n) is 4.46. The van der Waals surface area contributed by atoms with Gasteiger partial charge in [-0.05, 0) is 43.5 Å². The number of amides is 2. The molecule has 132 valence electrons. The first-order chi connectivity index (χ1) is 11.6. The summed E-state index contributed by atoms with van der Waals surface area (Å²) < 4.78 is 0. The summed E-state index contributed by atoms with van der Waals surface area (Å²) >= 11 is 0. The minimum absolute atomic E-state index is 0.0335. The Morgan fingerprint density at radius 1 is 1.12 bits per heavy atom. The molecule has 0 aliphatic carbocycles. The van der Waals surface area contributed by atoms with Crippen molar-refractivity contribution in [1.82, 2.24) is 4.90 Å². The van der Waals surface area contributed by atoms with Crippen LogP contribution in [0, 0.1) is 0 Å². The number of hydrogen-bond donors (Lipinski definition) is 1. The lowest BCUT2D eigenvalue weighted by molar-refractivity contribution is -0.129. The van der Waals surface area contributed by atoms with Gasteiger partial charge < -0.3 is 15.1 Å². The van der Waals surface area contributed by atoms with E-state index in [1.807, 2.05) is 12.1 Å². The van der Waals surface area contributed by atoms with Crippen LogP contribution in [0.25, 0.3) is 0 Å². The van der Waals surface area contributed by atoms with Crippen LogP contribution in [0.3, 0.4) is 0 Å². The van der Waals surface area contributed by atoms with Crippen molar-refractivity contribution in [1.29, 1.82) is 0 Å². The Labute approximate surface area is 145 Å². The molecule has 0 atom stereocenters. The molecule has 1 aromatic carbocycles. The van der Waals surface area contributed by atoms with Crippen LogP contribution in [0.15, 0.2) is 24.3 Å². The average Bonchev–Trinajstić information content (AvgIpc) is 3.09. The third kappa shape index (κ3) is 5.55. The minimum Gasteiger partial charge on any atom is -0.372 e. The molecule has 24 heavy (non-hydrogen) atoms. The van der Waals surface area contributed by atoms with Crippen LogP contribution in [0.2, 0.25) is 0 Å². The number of unbranched alkanes of at least 4 members (excludes halogenated alkanes) is 1. The van der Waals surface area contributed by atoms with Crippen molar-refractivity contribution in [3.05, 3.63) is 24.3 Å². The molecule has 1 heterocycles. The van der Waals surface area contributed by atoms with Crippen molar-refractivity contribution in [2.75, 3.05) is 36.4 Å². The van der Waals surface area contributed by atoms with Gasteiger partial charge >= 0.3 is 0 Å². The van der Waals surface area contributed by atoms with Crippen LogP contribution in [0.1, 0.15) is 46.0 Å². The van der Waals surface area contributed by atoms with E-state index in [0.29, 0.717) is 13.0 Å². The molecule has 1 aliphatic heterocycles. The summed E-state index contributed by atoms with van der Waals surface area (Å²) in [7, 11) is 0. The lowest BCUT2D eigenvalue weighted by Gasteiger charge is -2.20. The molecule has 0 saturated carbocycles. The molecular weight excluding hydrogens is 302 g/mol. The zero-order valence-corrected chi connectivity index (χ0v) is 14.9. The van der Waals surface area contributed by atoms with Gasteiger partial charge in [-0.15, -0.1) is 0 Å². The molecule has 1 aromatic rings. The van der Waals surface area contributed by atoms with Gasteiger partial charge in [-0.3, -0.25) is 9.59 Å². The molecule has 1 fully saturated rings. The maximum absolute atomic E-state index is 12.1. The molecule has 0 radical (unpaired) electrons. The number of nitrogens with one attached hydrogen (secondary N) is 1. The molecule has 2 rings (SSSR count). The average molecular weight is 331 g/mol. The van der Waals surface area contributed by atoms with E-state index in [9.17, 15) is 9.59 Å². The first kappa shape index (κ1) is 18.3. The van der Waals surface area contributed by atoms with E-state index < -0.39 is 0 Å². The second kappa shape index (κ2) is 9.30. The van der Waals surface area contributed by atoms with Crippen molar-refractivity contribution >= 4 is 23.2 Å². The molecule has 0 bridgehead atoms. The summed E-state index contributed by atoms with van der Waals surface area (Å²) in [6.45, 7) is 7.09. The predicted octanol–water partition coefficient (Wildman–Crippen LogP) is 3.26. The number of nitrogens with zero attached hydrogens (tertiary/aromatic N) is 2. The topological polar surface area (TPSA) is 52.7 Å². The summed E-state index contributed by atoms with van der Waals surface area (Å²) in [5, 5.41) is 2.91. The Morgan fingerprint density at radius 3 is 2.38 bits per heavy atom. The molecule has 5 nitrogen and oxygen atoms in total. The summed E-state index contributed by atoms with van der Waals surface area (Å²) in [6, 6.07) is 8.02. The summed E-state index contributed by atoms with van der Waals surface area (Å²) in [6.07, 6.45) is 4.85. The van der Waals surface area contributed by atoms with Gasteiger partial charge in [0, 0.05) is 50.9 Å². The summed E-state index contributed by atoms with van der Waals surface area (Å²) in [4.78, 5) is 27.8. The van der Waals surface area contributed by atoms with E-state index in [0.717, 1.165) is 38.2 Å². The van der Waals surface area contributed by atoms with Crippen LogP contribution in [-0.4, -0.2) is 42.9 Å². The van der Waals surface area contributed by atoms with E-state index in [1.54, 1.807) is 11.8 Å². The Morgan fingerprint density at radius 2 is 1.79 bits per heavy atom. The molecule has 2 amide bonds. The molecule has 0 aromatic heterocycles. The standard InChI is InChI=1S/C19H29N3O2/c1-3-4-12-21(16(2)23)15-11-19(24)20-17-7-9-18(10-8-17)22-13-5-6-14-22/h7-10H,3-6,11-15H2,1-2H3,(H,20,24). The summed E-state index contributed by atoms with van der Waals surface area (Å²) in [5.41, 5.74) is 2.03. The van der Waals surface area contributed by atoms with E-state index >= 15 is 0 Å². The Bertz CT molecular complexity index is 536. The third-order valence-corrected chi connectivity index (χ3v) is 4.46. The van der Waals surface area contributed by atoms with E-state index in [-0.39, 0.29) is 11.8 Å². The van der Waals surface area contributed by atoms with E-state index in [4.69, 9.17) is 0 Å². The first-order valence-corrected chi connectivity index (χ1v) is 9.00. The highest BCUT2D eigenvalue weighted by Gasteiger charge is 2.13. The van der Waals surface area contributed by atoms with Crippen molar-refractivity contribution in [3.63, 3.8) is 0 Å². The number of carbonyl (C=O) groups excluding carboxylic acids is 2. The lowest BCUT2D eigenvalue weighted by atomic mass is 10.2. The van der Waals surface area contributed by atoms with Crippen LogP contribution in [-0.2, 0) is 9.59 Å². The number of hydrogen-bond acceptors (Lipinski definition) is 3. The van der Waals surface area contributed by atoms with E-state index in [1.165, 1.54) is 18.5 Å². The molecule has 1 saturated heterocycles. The van der Waals surface area contributed by atoms with Gasteiger partial charge in [0.1, 0.15) is 0 Å². The number of anilines is 2. The van der Waals surface area contributed by atoms with Crippen molar-refractivity contribution < 1.29 is 9.59 Å². The monoisotopic (exact) mass is 331 g/mol.